The SMILES string of the molecule is CN(C)c1ccc(C(O)CNC(=O)Cc2ccccc2Cl)cc1. The van der Waals surface area contributed by atoms with E-state index in [1.807, 2.05) is 61.5 Å². The molecule has 1 unspecified atom stereocenters. The van der Waals surface area contributed by atoms with Crippen molar-refractivity contribution in [2.45, 2.75) is 12.5 Å². The van der Waals surface area contributed by atoms with E-state index in [4.69, 9.17) is 11.6 Å². The number of hydrogen-bond acceptors (Lipinski definition) is 3. The van der Waals surface area contributed by atoms with E-state index in [2.05, 4.69) is 5.32 Å². The molecule has 0 aliphatic carbocycles. The average Bonchev–Trinajstić information content (AvgIpc) is 2.55. The number of carbonyl (C=O) groups is 1. The van der Waals surface area contributed by atoms with Crippen LogP contribution < -0.4 is 10.2 Å². The first kappa shape index (κ1) is 17.3. The second-order valence-electron chi connectivity index (χ2n) is 5.57. The fraction of sp³-hybridized carbons (Fsp3) is 0.278. The predicted octanol–water partition coefficient (Wildman–Crippen LogP) is 2.80. The summed E-state index contributed by atoms with van der Waals surface area (Å²) < 4.78 is 0. The molecular weight excluding hydrogens is 312 g/mol. The molecule has 0 aromatic heterocycles. The number of amides is 1. The quantitative estimate of drug-likeness (QED) is 0.855. The van der Waals surface area contributed by atoms with Gasteiger partial charge in [-0.05, 0) is 29.3 Å². The zero-order chi connectivity index (χ0) is 16.8. The Balaban J connectivity index is 1.87. The summed E-state index contributed by atoms with van der Waals surface area (Å²) in [5, 5.41) is 13.5. The Morgan fingerprint density at radius 2 is 1.83 bits per heavy atom. The number of nitrogens with zero attached hydrogens (tertiary/aromatic N) is 1. The van der Waals surface area contributed by atoms with Crippen LogP contribution in [0.5, 0.6) is 0 Å². The zero-order valence-electron chi connectivity index (χ0n) is 13.3. The Bertz CT molecular complexity index is 656. The summed E-state index contributed by atoms with van der Waals surface area (Å²) in [7, 11) is 3.92. The van der Waals surface area contributed by atoms with Crippen LogP contribution in [0.2, 0.25) is 5.02 Å². The van der Waals surface area contributed by atoms with Crippen molar-refractivity contribution in [1.29, 1.82) is 0 Å². The van der Waals surface area contributed by atoms with Gasteiger partial charge < -0.3 is 15.3 Å². The van der Waals surface area contributed by atoms with E-state index in [0.29, 0.717) is 5.02 Å². The Morgan fingerprint density at radius 1 is 1.17 bits per heavy atom. The van der Waals surface area contributed by atoms with Gasteiger partial charge >= 0.3 is 0 Å². The number of benzene rings is 2. The third-order valence-electron chi connectivity index (χ3n) is 3.60. The minimum absolute atomic E-state index is 0.165. The molecule has 2 rings (SSSR count). The molecule has 122 valence electrons. The van der Waals surface area contributed by atoms with Gasteiger partial charge in [0.25, 0.3) is 0 Å². The third kappa shape index (κ3) is 4.98. The maximum Gasteiger partial charge on any atom is 0.224 e. The number of nitrogens with one attached hydrogen (secondary N) is 1. The highest BCUT2D eigenvalue weighted by atomic mass is 35.5. The fourth-order valence-electron chi connectivity index (χ4n) is 2.20. The maximum absolute atomic E-state index is 12.0. The number of hydrogen-bond donors (Lipinski definition) is 2. The van der Waals surface area contributed by atoms with Crippen molar-refractivity contribution in [2.24, 2.45) is 0 Å². The lowest BCUT2D eigenvalue weighted by Gasteiger charge is -2.16. The van der Waals surface area contributed by atoms with Crippen molar-refractivity contribution in [3.8, 4) is 0 Å². The molecule has 0 saturated heterocycles. The molecule has 1 atom stereocenters. The van der Waals surface area contributed by atoms with E-state index in [0.717, 1.165) is 16.8 Å². The average molecular weight is 333 g/mol. The Labute approximate surface area is 141 Å². The Morgan fingerprint density at radius 3 is 2.43 bits per heavy atom. The summed E-state index contributed by atoms with van der Waals surface area (Å²) in [4.78, 5) is 13.9. The lowest BCUT2D eigenvalue weighted by Crippen LogP contribution is -2.29. The number of halogens is 1. The van der Waals surface area contributed by atoms with Gasteiger partial charge in [-0.1, -0.05) is 41.9 Å². The molecule has 0 saturated carbocycles. The molecule has 23 heavy (non-hydrogen) atoms. The molecule has 2 aromatic carbocycles. The minimum atomic E-state index is -0.735. The van der Waals surface area contributed by atoms with Gasteiger partial charge in [-0.3, -0.25) is 4.79 Å². The van der Waals surface area contributed by atoms with Gasteiger partial charge in [0, 0.05) is 31.4 Å². The lowest BCUT2D eigenvalue weighted by molar-refractivity contribution is -0.120. The first-order valence-corrected chi connectivity index (χ1v) is 7.80. The van der Waals surface area contributed by atoms with Gasteiger partial charge in [0.1, 0.15) is 0 Å². The van der Waals surface area contributed by atoms with E-state index < -0.39 is 6.10 Å². The second kappa shape index (κ2) is 7.99. The van der Waals surface area contributed by atoms with E-state index in [9.17, 15) is 9.90 Å². The molecule has 2 aromatic rings. The summed E-state index contributed by atoms with van der Waals surface area (Å²) in [5.74, 6) is -0.165. The van der Waals surface area contributed by atoms with Crippen LogP contribution in [0.4, 0.5) is 5.69 Å². The van der Waals surface area contributed by atoms with Crippen LogP contribution >= 0.6 is 11.6 Å². The number of aliphatic hydroxyl groups is 1. The molecule has 0 fully saturated rings. The van der Waals surface area contributed by atoms with Gasteiger partial charge in [-0.25, -0.2) is 0 Å². The van der Waals surface area contributed by atoms with Crippen LogP contribution in [0, 0.1) is 0 Å². The van der Waals surface area contributed by atoms with Crippen molar-refractivity contribution in [2.75, 3.05) is 25.5 Å². The van der Waals surface area contributed by atoms with Crippen molar-refractivity contribution in [1.82, 2.24) is 5.32 Å². The monoisotopic (exact) mass is 332 g/mol. The Kier molecular flexibility index (Phi) is 6.02. The number of anilines is 1. The molecule has 0 heterocycles. The van der Waals surface area contributed by atoms with Crippen molar-refractivity contribution in [3.63, 3.8) is 0 Å². The van der Waals surface area contributed by atoms with Gasteiger partial charge in [-0.2, -0.15) is 0 Å². The molecule has 0 aliphatic heterocycles. The standard InChI is InChI=1S/C18H21ClN2O2/c1-21(2)15-9-7-13(8-10-15)17(22)12-20-18(23)11-14-5-3-4-6-16(14)19/h3-10,17,22H,11-12H2,1-2H3,(H,20,23). The molecule has 4 nitrogen and oxygen atoms in total. The number of carbonyl (C=O) groups excluding carboxylic acids is 1. The van der Waals surface area contributed by atoms with Gasteiger partial charge in [0.15, 0.2) is 0 Å². The molecular formula is C18H21ClN2O2. The first-order chi connectivity index (χ1) is 11.0. The highest BCUT2D eigenvalue weighted by Crippen LogP contribution is 2.18. The maximum atomic E-state index is 12.0. The van der Waals surface area contributed by atoms with Crippen molar-refractivity contribution >= 4 is 23.2 Å². The van der Waals surface area contributed by atoms with Crippen LogP contribution in [0.15, 0.2) is 48.5 Å². The summed E-state index contributed by atoms with van der Waals surface area (Å²) in [6.07, 6.45) is -0.534. The van der Waals surface area contributed by atoms with Crippen LogP contribution in [0.3, 0.4) is 0 Å². The van der Waals surface area contributed by atoms with Crippen LogP contribution in [-0.2, 0) is 11.2 Å². The van der Waals surface area contributed by atoms with E-state index in [1.54, 1.807) is 6.07 Å². The van der Waals surface area contributed by atoms with Gasteiger partial charge in [0.05, 0.1) is 12.5 Å². The molecule has 1 amide bonds. The van der Waals surface area contributed by atoms with Crippen molar-refractivity contribution in [3.05, 3.63) is 64.7 Å². The normalized spacial score (nSPS) is 11.8. The summed E-state index contributed by atoms with van der Waals surface area (Å²) in [5.41, 5.74) is 2.61. The highest BCUT2D eigenvalue weighted by Gasteiger charge is 2.11. The van der Waals surface area contributed by atoms with E-state index in [-0.39, 0.29) is 18.9 Å². The zero-order valence-corrected chi connectivity index (χ0v) is 14.0. The molecule has 5 heteroatoms. The largest absolute Gasteiger partial charge is 0.387 e. The lowest BCUT2D eigenvalue weighted by atomic mass is 10.1. The van der Waals surface area contributed by atoms with Gasteiger partial charge in [0.2, 0.25) is 5.91 Å². The topological polar surface area (TPSA) is 52.6 Å². The van der Waals surface area contributed by atoms with E-state index >= 15 is 0 Å². The molecule has 0 spiro atoms. The summed E-state index contributed by atoms with van der Waals surface area (Å²) in [6.45, 7) is 0.171. The minimum Gasteiger partial charge on any atom is -0.387 e. The third-order valence-corrected chi connectivity index (χ3v) is 3.96. The van der Waals surface area contributed by atoms with E-state index in [1.165, 1.54) is 0 Å². The van der Waals surface area contributed by atoms with Crippen LogP contribution in [-0.4, -0.2) is 31.7 Å². The second-order valence-corrected chi connectivity index (χ2v) is 5.98. The molecule has 0 radical (unpaired) electrons. The molecule has 2 N–H and O–H groups in total. The number of rotatable bonds is 6. The summed E-state index contributed by atoms with van der Waals surface area (Å²) in [6, 6.07) is 14.8. The first-order valence-electron chi connectivity index (χ1n) is 7.43. The highest BCUT2D eigenvalue weighted by molar-refractivity contribution is 6.31. The molecule has 0 bridgehead atoms. The van der Waals surface area contributed by atoms with Crippen LogP contribution in [0.1, 0.15) is 17.2 Å². The fourth-order valence-corrected chi connectivity index (χ4v) is 2.40. The molecule has 0 aliphatic rings. The Hall–Kier alpha value is -2.04. The predicted molar refractivity (Wildman–Crippen MR) is 93.9 cm³/mol. The van der Waals surface area contributed by atoms with Crippen LogP contribution in [0.25, 0.3) is 0 Å². The number of aliphatic hydroxyl groups excluding tert-OH is 1. The summed E-state index contributed by atoms with van der Waals surface area (Å²) >= 11 is 6.03. The van der Waals surface area contributed by atoms with Gasteiger partial charge in [-0.15, -0.1) is 0 Å². The van der Waals surface area contributed by atoms with Crippen molar-refractivity contribution < 1.29 is 9.90 Å². The smallest absolute Gasteiger partial charge is 0.224 e.